The smallest absolute Gasteiger partial charge is 0.123 e. The normalized spacial score (nSPS) is 25.1. The minimum atomic E-state index is 0.334. The number of ether oxygens (including phenoxy) is 1. The fourth-order valence-corrected chi connectivity index (χ4v) is 3.90. The molecule has 0 aromatic heterocycles. The molecule has 1 aliphatic rings. The van der Waals surface area contributed by atoms with Crippen LogP contribution in [0.3, 0.4) is 0 Å². The molecule has 2 rings (SSSR count). The summed E-state index contributed by atoms with van der Waals surface area (Å²) in [6, 6.07) is 7.35. The van der Waals surface area contributed by atoms with Crippen molar-refractivity contribution in [2.24, 2.45) is 0 Å². The van der Waals surface area contributed by atoms with Crippen molar-refractivity contribution in [2.75, 3.05) is 12.9 Å². The minimum Gasteiger partial charge on any atom is -0.496 e. The molecule has 1 N–H and O–H groups in total. The Kier molecular flexibility index (Phi) is 5.17. The molecule has 0 radical (unpaired) electrons. The van der Waals surface area contributed by atoms with Gasteiger partial charge in [0, 0.05) is 22.9 Å². The van der Waals surface area contributed by atoms with Gasteiger partial charge in [-0.3, -0.25) is 0 Å². The van der Waals surface area contributed by atoms with Gasteiger partial charge in [-0.25, -0.2) is 0 Å². The zero-order valence-corrected chi connectivity index (χ0v) is 13.2. The van der Waals surface area contributed by atoms with Gasteiger partial charge < -0.3 is 10.1 Å². The maximum atomic E-state index is 5.49. The number of aryl methyl sites for hydroxylation is 1. The van der Waals surface area contributed by atoms with Crippen molar-refractivity contribution in [3.63, 3.8) is 0 Å². The molecule has 0 saturated carbocycles. The van der Waals surface area contributed by atoms with E-state index in [1.165, 1.54) is 29.7 Å². The van der Waals surface area contributed by atoms with E-state index in [0.29, 0.717) is 17.3 Å². The molecule has 3 atom stereocenters. The highest BCUT2D eigenvalue weighted by molar-refractivity contribution is 7.99. The molecule has 0 bridgehead atoms. The predicted molar refractivity (Wildman–Crippen MR) is 84.2 cm³/mol. The van der Waals surface area contributed by atoms with Crippen LogP contribution < -0.4 is 10.1 Å². The fraction of sp³-hybridized carbons (Fsp3) is 0.625. The molecule has 2 nitrogen and oxygen atoms in total. The van der Waals surface area contributed by atoms with E-state index in [-0.39, 0.29) is 0 Å². The van der Waals surface area contributed by atoms with Crippen molar-refractivity contribution in [1.29, 1.82) is 0 Å². The van der Waals surface area contributed by atoms with Crippen LogP contribution in [0.15, 0.2) is 18.2 Å². The summed E-state index contributed by atoms with van der Waals surface area (Å²) < 4.78 is 5.49. The second-order valence-corrected chi connectivity index (χ2v) is 6.94. The van der Waals surface area contributed by atoms with Crippen LogP contribution in [0.25, 0.3) is 0 Å². The molecule has 106 valence electrons. The lowest BCUT2D eigenvalue weighted by Gasteiger charge is -2.32. The second kappa shape index (κ2) is 6.67. The quantitative estimate of drug-likeness (QED) is 0.902. The van der Waals surface area contributed by atoms with E-state index >= 15 is 0 Å². The number of hydrogen-bond acceptors (Lipinski definition) is 3. The summed E-state index contributed by atoms with van der Waals surface area (Å²) in [5.41, 5.74) is 2.56. The maximum absolute atomic E-state index is 5.49. The van der Waals surface area contributed by atoms with Gasteiger partial charge in [-0.15, -0.1) is 0 Å². The summed E-state index contributed by atoms with van der Waals surface area (Å²) in [5, 5.41) is 4.49. The highest BCUT2D eigenvalue weighted by atomic mass is 32.2. The van der Waals surface area contributed by atoms with Crippen LogP contribution in [0.1, 0.15) is 43.9 Å². The Morgan fingerprint density at radius 1 is 1.42 bits per heavy atom. The topological polar surface area (TPSA) is 21.3 Å². The zero-order valence-electron chi connectivity index (χ0n) is 12.4. The molecule has 3 heteroatoms. The van der Waals surface area contributed by atoms with Crippen molar-refractivity contribution in [3.8, 4) is 5.75 Å². The van der Waals surface area contributed by atoms with Gasteiger partial charge in [0.1, 0.15) is 5.75 Å². The van der Waals surface area contributed by atoms with Gasteiger partial charge in [-0.1, -0.05) is 24.6 Å². The lowest BCUT2D eigenvalue weighted by Crippen LogP contribution is -2.40. The van der Waals surface area contributed by atoms with Crippen LogP contribution in [0, 0.1) is 6.92 Å². The molecule has 19 heavy (non-hydrogen) atoms. The SMILES string of the molecule is COc1ccc(C)cc1C(C)NC1CCCSC1C. The highest BCUT2D eigenvalue weighted by Crippen LogP contribution is 2.30. The first kappa shape index (κ1) is 14.7. The van der Waals surface area contributed by atoms with Crippen LogP contribution in [-0.2, 0) is 0 Å². The summed E-state index contributed by atoms with van der Waals surface area (Å²) in [5.74, 6) is 2.29. The summed E-state index contributed by atoms with van der Waals surface area (Å²) in [4.78, 5) is 0. The third kappa shape index (κ3) is 3.67. The Morgan fingerprint density at radius 3 is 2.89 bits per heavy atom. The molecular weight excluding hydrogens is 254 g/mol. The van der Waals surface area contributed by atoms with Gasteiger partial charge in [0.25, 0.3) is 0 Å². The largest absolute Gasteiger partial charge is 0.496 e. The third-order valence-electron chi connectivity index (χ3n) is 3.92. The average Bonchev–Trinajstić information content (AvgIpc) is 2.41. The maximum Gasteiger partial charge on any atom is 0.123 e. The molecule has 0 aliphatic carbocycles. The van der Waals surface area contributed by atoms with Crippen LogP contribution in [0.4, 0.5) is 0 Å². The van der Waals surface area contributed by atoms with E-state index in [2.05, 4.69) is 56.0 Å². The molecule has 1 heterocycles. The predicted octanol–water partition coefficient (Wildman–Crippen LogP) is 3.94. The highest BCUT2D eigenvalue weighted by Gasteiger charge is 2.24. The Bertz CT molecular complexity index is 421. The van der Waals surface area contributed by atoms with Gasteiger partial charge in [-0.2, -0.15) is 11.8 Å². The molecule has 1 aromatic carbocycles. The van der Waals surface area contributed by atoms with Crippen LogP contribution >= 0.6 is 11.8 Å². The molecule has 1 fully saturated rings. The van der Waals surface area contributed by atoms with Crippen LogP contribution in [-0.4, -0.2) is 24.2 Å². The second-order valence-electron chi connectivity index (χ2n) is 5.46. The van der Waals surface area contributed by atoms with E-state index in [0.717, 1.165) is 5.75 Å². The first-order valence-corrected chi connectivity index (χ1v) is 8.19. The number of rotatable bonds is 4. The van der Waals surface area contributed by atoms with Gasteiger partial charge in [0.15, 0.2) is 0 Å². The third-order valence-corrected chi connectivity index (χ3v) is 5.30. The van der Waals surface area contributed by atoms with Gasteiger partial charge in [0.05, 0.1) is 7.11 Å². The monoisotopic (exact) mass is 279 g/mol. The summed E-state index contributed by atoms with van der Waals surface area (Å²) in [6.45, 7) is 6.71. The molecule has 3 unspecified atom stereocenters. The lowest BCUT2D eigenvalue weighted by molar-refractivity contribution is 0.382. The summed E-state index contributed by atoms with van der Waals surface area (Å²) in [6.07, 6.45) is 2.61. The van der Waals surface area contributed by atoms with Crippen LogP contribution in [0.5, 0.6) is 5.75 Å². The van der Waals surface area contributed by atoms with Crippen LogP contribution in [0.2, 0.25) is 0 Å². The van der Waals surface area contributed by atoms with E-state index in [4.69, 9.17) is 4.74 Å². The molecule has 1 aromatic rings. The molecular formula is C16H25NOS. The number of methoxy groups -OCH3 is 1. The first-order valence-electron chi connectivity index (χ1n) is 7.14. The Hall–Kier alpha value is -0.670. The Morgan fingerprint density at radius 2 is 2.21 bits per heavy atom. The number of nitrogens with one attached hydrogen (secondary N) is 1. The van der Waals surface area contributed by atoms with E-state index in [9.17, 15) is 0 Å². The average molecular weight is 279 g/mol. The summed E-state index contributed by atoms with van der Waals surface area (Å²) >= 11 is 2.08. The summed E-state index contributed by atoms with van der Waals surface area (Å²) in [7, 11) is 1.75. The van der Waals surface area contributed by atoms with Crippen molar-refractivity contribution >= 4 is 11.8 Å². The van der Waals surface area contributed by atoms with Crippen molar-refractivity contribution in [1.82, 2.24) is 5.32 Å². The van der Waals surface area contributed by atoms with Gasteiger partial charge in [-0.05, 0) is 38.5 Å². The van der Waals surface area contributed by atoms with Gasteiger partial charge >= 0.3 is 0 Å². The van der Waals surface area contributed by atoms with Gasteiger partial charge in [0.2, 0.25) is 0 Å². The Balaban J connectivity index is 2.10. The standard InChI is InChI=1S/C16H25NOS/c1-11-7-8-16(18-4)14(10-11)12(2)17-15-6-5-9-19-13(15)3/h7-8,10,12-13,15,17H,5-6,9H2,1-4H3. The van der Waals surface area contributed by atoms with E-state index in [1.807, 2.05) is 0 Å². The Labute approximate surface area is 121 Å². The van der Waals surface area contributed by atoms with E-state index < -0.39 is 0 Å². The van der Waals surface area contributed by atoms with Crippen molar-refractivity contribution in [2.45, 2.75) is 50.9 Å². The fourth-order valence-electron chi connectivity index (χ4n) is 2.75. The number of thioether (sulfide) groups is 1. The van der Waals surface area contributed by atoms with Crippen molar-refractivity contribution in [3.05, 3.63) is 29.3 Å². The number of hydrogen-bond donors (Lipinski definition) is 1. The minimum absolute atomic E-state index is 0.334. The lowest BCUT2D eigenvalue weighted by atomic mass is 10.0. The zero-order chi connectivity index (χ0) is 13.8. The molecule has 1 saturated heterocycles. The first-order chi connectivity index (χ1) is 9.11. The molecule has 1 aliphatic heterocycles. The molecule has 0 spiro atoms. The van der Waals surface area contributed by atoms with E-state index in [1.54, 1.807) is 7.11 Å². The molecule has 0 amide bonds. The van der Waals surface area contributed by atoms with Crippen molar-refractivity contribution < 1.29 is 4.74 Å². The number of benzene rings is 1.